The van der Waals surface area contributed by atoms with Gasteiger partial charge in [0, 0.05) is 36.8 Å². The molecule has 13 nitrogen and oxygen atoms in total. The van der Waals surface area contributed by atoms with Crippen LogP contribution in [0, 0.1) is 0 Å². The summed E-state index contributed by atoms with van der Waals surface area (Å²) in [4.78, 5) is 36.3. The molecule has 3 aromatic carbocycles. The Kier molecular flexibility index (Phi) is 7.18. The molecule has 3 aromatic rings. The Morgan fingerprint density at radius 3 is 1.97 bits per heavy atom. The van der Waals surface area contributed by atoms with Crippen molar-refractivity contribution in [1.82, 2.24) is 5.32 Å². The van der Waals surface area contributed by atoms with Crippen LogP contribution < -0.4 is 21.7 Å². The van der Waals surface area contributed by atoms with Gasteiger partial charge in [-0.2, -0.15) is 16.8 Å². The lowest BCUT2D eigenvalue weighted by atomic mass is 9.82. The summed E-state index contributed by atoms with van der Waals surface area (Å²) < 4.78 is 67.9. The van der Waals surface area contributed by atoms with Crippen molar-refractivity contribution in [3.8, 4) is 0 Å². The Balaban J connectivity index is 1.84. The van der Waals surface area contributed by atoms with Crippen molar-refractivity contribution >= 4 is 60.5 Å². The molecule has 4 rings (SSSR count). The molecule has 39 heavy (non-hydrogen) atoms. The number of nitrogens with one attached hydrogen (secondary N) is 3. The van der Waals surface area contributed by atoms with Crippen LogP contribution in [0.4, 0.5) is 22.7 Å². The van der Waals surface area contributed by atoms with Crippen LogP contribution in [0.25, 0.3) is 0 Å². The van der Waals surface area contributed by atoms with Crippen LogP contribution in [0.15, 0.2) is 58.3 Å². The molecule has 0 aliphatic heterocycles. The van der Waals surface area contributed by atoms with Gasteiger partial charge in [-0.05, 0) is 24.3 Å². The summed E-state index contributed by atoms with van der Waals surface area (Å²) in [5, 5.41) is 8.00. The largest absolute Gasteiger partial charge is 0.397 e. The highest BCUT2D eigenvalue weighted by molar-refractivity contribution is 7.86. The zero-order chi connectivity index (χ0) is 28.7. The topological polar surface area (TPSA) is 222 Å². The molecule has 0 saturated carbocycles. The SMILES string of the molecule is CC(=O)NCCNc1ccc(Nc2cc(S(=O)(=O)O)c(N)c3c2C(=O)c2ccccc2C3=O)cc1S(=O)(=O)O. The van der Waals surface area contributed by atoms with Crippen molar-refractivity contribution in [1.29, 1.82) is 0 Å². The maximum absolute atomic E-state index is 13.4. The van der Waals surface area contributed by atoms with Crippen LogP contribution >= 0.6 is 0 Å². The molecule has 0 atom stereocenters. The molecule has 0 heterocycles. The fourth-order valence-corrected chi connectivity index (χ4v) is 5.50. The molecular formula is C24H22N4O9S2. The molecule has 204 valence electrons. The first kappa shape index (κ1) is 27.7. The Bertz CT molecular complexity index is 1770. The van der Waals surface area contributed by atoms with Gasteiger partial charge in [0.1, 0.15) is 9.79 Å². The van der Waals surface area contributed by atoms with Crippen molar-refractivity contribution in [2.45, 2.75) is 16.7 Å². The van der Waals surface area contributed by atoms with E-state index in [1.807, 2.05) is 0 Å². The molecule has 1 amide bonds. The normalized spacial score (nSPS) is 12.9. The summed E-state index contributed by atoms with van der Waals surface area (Å²) in [6.45, 7) is 1.59. The van der Waals surface area contributed by atoms with Gasteiger partial charge in [-0.3, -0.25) is 23.5 Å². The van der Waals surface area contributed by atoms with Gasteiger partial charge in [-0.1, -0.05) is 24.3 Å². The molecule has 0 aromatic heterocycles. The number of benzene rings is 3. The fraction of sp³-hybridized carbons (Fsp3) is 0.125. The Hall–Kier alpha value is -4.31. The second-order valence-corrected chi connectivity index (χ2v) is 11.3. The predicted octanol–water partition coefficient (Wildman–Crippen LogP) is 1.83. The van der Waals surface area contributed by atoms with E-state index in [0.717, 1.165) is 12.1 Å². The van der Waals surface area contributed by atoms with Gasteiger partial charge >= 0.3 is 0 Å². The molecule has 1 aliphatic rings. The van der Waals surface area contributed by atoms with Crippen LogP contribution in [0.1, 0.15) is 38.8 Å². The Labute approximate surface area is 222 Å². The summed E-state index contributed by atoms with van der Waals surface area (Å²) in [5.74, 6) is -1.70. The van der Waals surface area contributed by atoms with Gasteiger partial charge in [0.2, 0.25) is 5.91 Å². The van der Waals surface area contributed by atoms with E-state index in [0.29, 0.717) is 0 Å². The van der Waals surface area contributed by atoms with Crippen molar-refractivity contribution in [2.75, 3.05) is 29.5 Å². The van der Waals surface area contributed by atoms with E-state index in [-0.39, 0.29) is 52.7 Å². The third-order valence-electron chi connectivity index (χ3n) is 5.83. The molecule has 0 unspecified atom stereocenters. The smallest absolute Gasteiger partial charge is 0.296 e. The molecule has 7 N–H and O–H groups in total. The molecule has 0 radical (unpaired) electrons. The molecule has 0 bridgehead atoms. The summed E-state index contributed by atoms with van der Waals surface area (Å²) in [7, 11) is -9.74. The monoisotopic (exact) mass is 574 g/mol. The number of nitrogens with two attached hydrogens (primary N) is 1. The van der Waals surface area contributed by atoms with Gasteiger partial charge in [-0.25, -0.2) is 0 Å². The zero-order valence-corrected chi connectivity index (χ0v) is 21.8. The minimum atomic E-state index is -4.96. The Morgan fingerprint density at radius 1 is 0.821 bits per heavy atom. The summed E-state index contributed by atoms with van der Waals surface area (Å²) in [6, 6.07) is 10.3. The third-order valence-corrected chi connectivity index (χ3v) is 7.62. The van der Waals surface area contributed by atoms with Crippen LogP contribution in [-0.2, 0) is 25.0 Å². The van der Waals surface area contributed by atoms with Crippen LogP contribution in [-0.4, -0.2) is 56.5 Å². The first-order valence-corrected chi connectivity index (χ1v) is 14.1. The fourth-order valence-electron chi connectivity index (χ4n) is 4.16. The van der Waals surface area contributed by atoms with Crippen molar-refractivity contribution in [3.05, 3.63) is 70.8 Å². The molecular weight excluding hydrogens is 552 g/mol. The maximum atomic E-state index is 13.4. The minimum absolute atomic E-state index is 0.00783. The molecule has 0 spiro atoms. The highest BCUT2D eigenvalue weighted by Crippen LogP contribution is 2.40. The number of fused-ring (bicyclic) bond motifs is 2. The van der Waals surface area contributed by atoms with Crippen LogP contribution in [0.3, 0.4) is 0 Å². The van der Waals surface area contributed by atoms with Crippen molar-refractivity contribution in [2.24, 2.45) is 0 Å². The number of hydrogen-bond donors (Lipinski definition) is 6. The molecule has 15 heteroatoms. The second kappa shape index (κ2) is 10.1. The van der Waals surface area contributed by atoms with E-state index in [1.165, 1.54) is 43.3 Å². The lowest BCUT2D eigenvalue weighted by Crippen LogP contribution is -2.26. The number of rotatable bonds is 8. The van der Waals surface area contributed by atoms with E-state index in [9.17, 15) is 40.3 Å². The van der Waals surface area contributed by atoms with Crippen LogP contribution in [0.5, 0.6) is 0 Å². The number of carbonyl (C=O) groups excluding carboxylic acids is 3. The summed E-state index contributed by atoms with van der Waals surface area (Å²) in [5.41, 5.74) is 4.34. The van der Waals surface area contributed by atoms with E-state index in [2.05, 4.69) is 16.0 Å². The number of anilines is 4. The lowest BCUT2D eigenvalue weighted by molar-refractivity contribution is -0.118. The highest BCUT2D eigenvalue weighted by Gasteiger charge is 2.36. The summed E-state index contributed by atoms with van der Waals surface area (Å²) >= 11 is 0. The quantitative estimate of drug-likeness (QED) is 0.101. The second-order valence-electron chi connectivity index (χ2n) is 8.49. The van der Waals surface area contributed by atoms with E-state index >= 15 is 0 Å². The number of amides is 1. The maximum Gasteiger partial charge on any atom is 0.296 e. The Morgan fingerprint density at radius 2 is 1.41 bits per heavy atom. The van der Waals surface area contributed by atoms with Gasteiger partial charge in [0.25, 0.3) is 20.2 Å². The summed E-state index contributed by atoms with van der Waals surface area (Å²) in [6.07, 6.45) is 0. The first-order valence-electron chi connectivity index (χ1n) is 11.2. The third kappa shape index (κ3) is 5.46. The highest BCUT2D eigenvalue weighted by atomic mass is 32.2. The van der Waals surface area contributed by atoms with Gasteiger partial charge in [0.15, 0.2) is 11.6 Å². The van der Waals surface area contributed by atoms with E-state index in [1.54, 1.807) is 0 Å². The average Bonchev–Trinajstić information content (AvgIpc) is 2.85. The van der Waals surface area contributed by atoms with Crippen LogP contribution in [0.2, 0.25) is 0 Å². The predicted molar refractivity (Wildman–Crippen MR) is 141 cm³/mol. The number of carbonyl (C=O) groups is 3. The van der Waals surface area contributed by atoms with Gasteiger partial charge in [-0.15, -0.1) is 0 Å². The first-order chi connectivity index (χ1) is 18.2. The van der Waals surface area contributed by atoms with Gasteiger partial charge < -0.3 is 21.7 Å². The lowest BCUT2D eigenvalue weighted by Gasteiger charge is -2.24. The minimum Gasteiger partial charge on any atom is -0.397 e. The van der Waals surface area contributed by atoms with Gasteiger partial charge in [0.05, 0.1) is 28.2 Å². The molecule has 0 saturated heterocycles. The number of ketones is 2. The molecule has 0 fully saturated rings. The zero-order valence-electron chi connectivity index (χ0n) is 20.2. The number of hydrogen-bond acceptors (Lipinski definition) is 10. The van der Waals surface area contributed by atoms with Crippen molar-refractivity contribution < 1.29 is 40.3 Å². The van der Waals surface area contributed by atoms with E-state index in [4.69, 9.17) is 5.73 Å². The number of nitrogen functional groups attached to an aromatic ring is 1. The average molecular weight is 575 g/mol. The van der Waals surface area contributed by atoms with E-state index < -0.39 is 52.8 Å². The molecule has 1 aliphatic carbocycles. The van der Waals surface area contributed by atoms with Crippen molar-refractivity contribution in [3.63, 3.8) is 0 Å². The standard InChI is InChI=1S/C24H22N4O9S2/c1-12(29)26-8-9-27-16-7-6-13(10-18(16)38(32,33)34)28-17-11-19(39(35,36)37)22(25)21-20(17)23(30)14-4-2-3-5-15(14)24(21)31/h2-7,10-11,27-28H,8-9,25H2,1H3,(H,26,29)(H,32,33,34)(H,35,36,37).